The van der Waals surface area contributed by atoms with Crippen molar-refractivity contribution in [3.8, 4) is 0 Å². The molecule has 0 aliphatic heterocycles. The summed E-state index contributed by atoms with van der Waals surface area (Å²) < 4.78 is 80.0. The number of methoxy groups -OCH3 is 7. The van der Waals surface area contributed by atoms with E-state index in [1.54, 1.807) is 42.7 Å². The predicted molar refractivity (Wildman–Crippen MR) is 209 cm³/mol. The quantitative estimate of drug-likeness (QED) is 0.0845. The average molecular weight is 759 g/mol. The zero-order chi connectivity index (χ0) is 39.1. The Morgan fingerprint density at radius 1 is 0.412 bits per heavy atom. The van der Waals surface area contributed by atoms with Gasteiger partial charge in [0.25, 0.3) is 0 Å². The summed E-state index contributed by atoms with van der Waals surface area (Å²) in [6.07, 6.45) is 4.06. The molecule has 0 aliphatic rings. The second-order valence-corrected chi connectivity index (χ2v) is 13.4. The molecule has 0 bridgehead atoms. The van der Waals surface area contributed by atoms with Crippen LogP contribution in [0, 0.1) is 16.2 Å². The van der Waals surface area contributed by atoms with Crippen molar-refractivity contribution in [3.05, 3.63) is 0 Å². The van der Waals surface area contributed by atoms with Crippen LogP contribution in [0.25, 0.3) is 0 Å². The fourth-order valence-electron chi connectivity index (χ4n) is 3.99. The first-order chi connectivity index (χ1) is 23.0. The van der Waals surface area contributed by atoms with Gasteiger partial charge < -0.3 is 42.6 Å². The molecule has 12 heteroatoms. The third kappa shape index (κ3) is 59.0. The van der Waals surface area contributed by atoms with Gasteiger partial charge in [-0.2, -0.15) is 13.2 Å². The summed E-state index contributed by atoms with van der Waals surface area (Å²) in [5.74, 6) is 0. The van der Waals surface area contributed by atoms with Gasteiger partial charge in [0, 0.05) is 85.8 Å². The molecule has 0 spiro atoms. The van der Waals surface area contributed by atoms with Crippen molar-refractivity contribution in [1.29, 1.82) is 0 Å². The molecular weight excluding hydrogens is 669 g/mol. The summed E-state index contributed by atoms with van der Waals surface area (Å²) in [5, 5.41) is 0. The van der Waals surface area contributed by atoms with Gasteiger partial charge in [-0.15, -0.1) is 0 Å². The molecule has 0 aromatic carbocycles. The third-order valence-corrected chi connectivity index (χ3v) is 6.68. The molecule has 0 rings (SSSR count). The lowest BCUT2D eigenvalue weighted by Crippen LogP contribution is -2.33. The summed E-state index contributed by atoms with van der Waals surface area (Å²) in [6, 6.07) is 0. The Morgan fingerprint density at radius 3 is 1.04 bits per heavy atom. The number of hydrogen-bond donors (Lipinski definition) is 0. The van der Waals surface area contributed by atoms with Crippen LogP contribution >= 0.6 is 0 Å². The van der Waals surface area contributed by atoms with E-state index in [1.807, 2.05) is 20.8 Å². The Morgan fingerprint density at radius 2 is 0.765 bits per heavy atom. The molecule has 0 saturated heterocycles. The Balaban J connectivity index is -0.0000000965. The SMILES string of the molecule is C.C.CCC(C)(COC)COCC(F)(F)F.CCCCCOC.CCCCCOC.CCOCC(C)(COC)COC.COCC(C)(C)COC. The lowest BCUT2D eigenvalue weighted by atomic mass is 9.90. The predicted octanol–water partition coefficient (Wildman–Crippen LogP) is 10.2. The first-order valence-corrected chi connectivity index (χ1v) is 17.6. The third-order valence-electron chi connectivity index (χ3n) is 6.68. The first kappa shape index (κ1) is 65.3. The normalized spacial score (nSPS) is 12.1. The largest absolute Gasteiger partial charge is 0.411 e. The van der Waals surface area contributed by atoms with Crippen molar-refractivity contribution >= 4 is 0 Å². The molecule has 9 nitrogen and oxygen atoms in total. The zero-order valence-electron chi connectivity index (χ0n) is 34.5. The second-order valence-electron chi connectivity index (χ2n) is 13.4. The Hall–Kier alpha value is -0.570. The van der Waals surface area contributed by atoms with Crippen LogP contribution in [0.3, 0.4) is 0 Å². The van der Waals surface area contributed by atoms with E-state index in [2.05, 4.69) is 39.4 Å². The van der Waals surface area contributed by atoms with Crippen LogP contribution in [-0.4, -0.2) is 129 Å². The van der Waals surface area contributed by atoms with E-state index in [0.717, 1.165) is 39.5 Å². The number of hydrogen-bond acceptors (Lipinski definition) is 9. The van der Waals surface area contributed by atoms with Crippen molar-refractivity contribution < 1.29 is 55.8 Å². The van der Waals surface area contributed by atoms with Gasteiger partial charge in [-0.1, -0.05) is 89.0 Å². The van der Waals surface area contributed by atoms with Gasteiger partial charge in [-0.05, 0) is 26.2 Å². The minimum atomic E-state index is -4.25. The van der Waals surface area contributed by atoms with Gasteiger partial charge in [0.05, 0.1) is 46.2 Å². The van der Waals surface area contributed by atoms with Crippen molar-refractivity contribution in [2.45, 2.75) is 121 Å². The van der Waals surface area contributed by atoms with Crippen molar-refractivity contribution in [2.24, 2.45) is 16.2 Å². The molecule has 1 unspecified atom stereocenters. The second kappa shape index (κ2) is 45.6. The van der Waals surface area contributed by atoms with Crippen LogP contribution < -0.4 is 0 Å². The number of alkyl halides is 3. The van der Waals surface area contributed by atoms with Crippen LogP contribution in [0.2, 0.25) is 0 Å². The highest BCUT2D eigenvalue weighted by molar-refractivity contribution is 4.73. The van der Waals surface area contributed by atoms with Crippen molar-refractivity contribution in [1.82, 2.24) is 0 Å². The molecule has 0 radical (unpaired) electrons. The highest BCUT2D eigenvalue weighted by Crippen LogP contribution is 2.23. The minimum Gasteiger partial charge on any atom is -0.385 e. The number of rotatable bonds is 25. The molecule has 0 amide bonds. The number of ether oxygens (including phenoxy) is 9. The molecule has 0 fully saturated rings. The lowest BCUT2D eigenvalue weighted by Gasteiger charge is -2.27. The fraction of sp³-hybridized carbons (Fsp3) is 1.00. The molecule has 0 saturated carbocycles. The molecular formula is C39H89F3O9. The first-order valence-electron chi connectivity index (χ1n) is 17.6. The van der Waals surface area contributed by atoms with Crippen molar-refractivity contribution in [2.75, 3.05) is 122 Å². The molecule has 0 aromatic rings. The summed E-state index contributed by atoms with van der Waals surface area (Å²) >= 11 is 0. The van der Waals surface area contributed by atoms with E-state index >= 15 is 0 Å². The van der Waals surface area contributed by atoms with E-state index in [4.69, 9.17) is 37.9 Å². The topological polar surface area (TPSA) is 83.1 Å². The highest BCUT2D eigenvalue weighted by Gasteiger charge is 2.30. The molecule has 51 heavy (non-hydrogen) atoms. The summed E-state index contributed by atoms with van der Waals surface area (Å²) in [4.78, 5) is 0. The van der Waals surface area contributed by atoms with E-state index < -0.39 is 12.8 Å². The molecule has 1 atom stereocenters. The zero-order valence-corrected chi connectivity index (χ0v) is 34.5. The van der Waals surface area contributed by atoms with Gasteiger partial charge in [0.15, 0.2) is 0 Å². The van der Waals surface area contributed by atoms with E-state index in [1.165, 1.54) is 45.6 Å². The minimum absolute atomic E-state index is 0. The number of halogens is 3. The van der Waals surface area contributed by atoms with Crippen molar-refractivity contribution in [3.63, 3.8) is 0 Å². The summed E-state index contributed by atoms with van der Waals surface area (Å²) in [5.41, 5.74) is -0.191. The molecule has 0 aromatic heterocycles. The van der Waals surface area contributed by atoms with Gasteiger partial charge in [0.1, 0.15) is 6.61 Å². The number of unbranched alkanes of at least 4 members (excludes halogenated alkanes) is 4. The lowest BCUT2D eigenvalue weighted by molar-refractivity contribution is -0.182. The van der Waals surface area contributed by atoms with Crippen LogP contribution in [-0.2, 0) is 42.6 Å². The monoisotopic (exact) mass is 759 g/mol. The fourth-order valence-corrected chi connectivity index (χ4v) is 3.99. The molecule has 320 valence electrons. The average Bonchev–Trinajstić information content (AvgIpc) is 3.02. The van der Waals surface area contributed by atoms with Crippen LogP contribution in [0.4, 0.5) is 13.2 Å². The van der Waals surface area contributed by atoms with Gasteiger partial charge >= 0.3 is 6.18 Å². The van der Waals surface area contributed by atoms with Crippen LogP contribution in [0.1, 0.15) is 115 Å². The Labute approximate surface area is 315 Å². The highest BCUT2D eigenvalue weighted by atomic mass is 19.4. The Kier molecular flexibility index (Phi) is 58.4. The van der Waals surface area contributed by atoms with Gasteiger partial charge in [-0.3, -0.25) is 0 Å². The van der Waals surface area contributed by atoms with Gasteiger partial charge in [0.2, 0.25) is 0 Å². The van der Waals surface area contributed by atoms with E-state index in [9.17, 15) is 13.2 Å². The maximum absolute atomic E-state index is 11.8. The van der Waals surface area contributed by atoms with Gasteiger partial charge in [-0.25, -0.2) is 0 Å². The van der Waals surface area contributed by atoms with Crippen LogP contribution in [0.5, 0.6) is 0 Å². The Bertz CT molecular complexity index is 581. The summed E-state index contributed by atoms with van der Waals surface area (Å²) in [7, 11) is 11.8. The maximum Gasteiger partial charge on any atom is 0.411 e. The molecule has 0 aliphatic carbocycles. The molecule has 0 N–H and O–H groups in total. The smallest absolute Gasteiger partial charge is 0.385 e. The maximum atomic E-state index is 11.8. The standard InChI is InChI=1S/C9H17F3O2.C9H20O3.C7H16O2.2C6H14O.2CH4/c1-4-8(2,5-13-3)6-14-7-9(10,11)12;1-5-12-8-9(2,6-10-3)7-11-4;1-7(2,5-8-3)6-9-4;2*1-3-4-5-6-7-2;;/h4-7H2,1-3H3;5-8H2,1-4H3;5-6H2,1-4H3;2*3-6H2,1-2H3;2*1H4. The van der Waals surface area contributed by atoms with E-state index in [0.29, 0.717) is 26.4 Å². The van der Waals surface area contributed by atoms with E-state index in [-0.39, 0.29) is 37.7 Å². The summed E-state index contributed by atoms with van der Waals surface area (Å²) in [6.45, 7) is 21.8. The van der Waals surface area contributed by atoms with Crippen LogP contribution in [0.15, 0.2) is 0 Å². The molecule has 0 heterocycles.